The van der Waals surface area contributed by atoms with E-state index >= 15 is 0 Å². The third-order valence-electron chi connectivity index (χ3n) is 6.11. The molecule has 1 saturated carbocycles. The second-order valence-electron chi connectivity index (χ2n) is 8.45. The summed E-state index contributed by atoms with van der Waals surface area (Å²) in [7, 11) is 4.42. The Morgan fingerprint density at radius 1 is 1.04 bits per heavy atom. The van der Waals surface area contributed by atoms with E-state index in [0.29, 0.717) is 5.56 Å². The number of carbonyl (C=O) groups excluding carboxylic acids is 1. The molecule has 4 nitrogen and oxygen atoms in total. The van der Waals surface area contributed by atoms with Crippen molar-refractivity contribution in [2.75, 3.05) is 27.2 Å². The van der Waals surface area contributed by atoms with Gasteiger partial charge in [-0.25, -0.2) is 4.79 Å². The lowest BCUT2D eigenvalue weighted by atomic mass is 9.73. The molecule has 138 valence electrons. The molecule has 4 heteroatoms. The lowest BCUT2D eigenvalue weighted by Crippen LogP contribution is -2.51. The van der Waals surface area contributed by atoms with Gasteiger partial charge in [0, 0.05) is 18.8 Å². The molecule has 0 amide bonds. The van der Waals surface area contributed by atoms with E-state index in [1.807, 2.05) is 30.3 Å². The Labute approximate surface area is 151 Å². The van der Waals surface area contributed by atoms with Crippen LogP contribution >= 0.6 is 0 Å². The number of carbonyl (C=O) groups is 1. The molecule has 1 aliphatic carbocycles. The number of aliphatic hydroxyl groups is 1. The number of esters is 1. The summed E-state index contributed by atoms with van der Waals surface area (Å²) in [5, 5.41) is 11.5. The highest BCUT2D eigenvalue weighted by Gasteiger charge is 2.48. The predicted octanol–water partition coefficient (Wildman–Crippen LogP) is 3.24. The monoisotopic (exact) mass is 346 g/mol. The number of hydrogen-bond acceptors (Lipinski definition) is 3. The zero-order chi connectivity index (χ0) is 17.9. The van der Waals surface area contributed by atoms with Crippen LogP contribution in [0.2, 0.25) is 0 Å². The van der Waals surface area contributed by atoms with Crippen LogP contribution in [0.3, 0.4) is 0 Å². The molecule has 1 unspecified atom stereocenters. The van der Waals surface area contributed by atoms with Crippen LogP contribution in [-0.4, -0.2) is 48.8 Å². The summed E-state index contributed by atoms with van der Waals surface area (Å²) < 4.78 is 6.83. The van der Waals surface area contributed by atoms with Crippen molar-refractivity contribution in [3.05, 3.63) is 35.9 Å². The summed E-state index contributed by atoms with van der Waals surface area (Å²) >= 11 is 0. The van der Waals surface area contributed by atoms with Gasteiger partial charge in [-0.3, -0.25) is 0 Å². The average molecular weight is 346 g/mol. The Hall–Kier alpha value is -1.39. The highest BCUT2D eigenvalue weighted by Crippen LogP contribution is 2.40. The molecule has 2 aliphatic rings. The van der Waals surface area contributed by atoms with Crippen LogP contribution in [0.15, 0.2) is 30.3 Å². The highest BCUT2D eigenvalue weighted by molar-refractivity contribution is 5.81. The number of ether oxygens (including phenoxy) is 1. The summed E-state index contributed by atoms with van der Waals surface area (Å²) in [6.45, 7) is 2.01. The lowest BCUT2D eigenvalue weighted by molar-refractivity contribution is -0.896. The molecule has 1 aromatic rings. The van der Waals surface area contributed by atoms with Gasteiger partial charge in [-0.05, 0) is 18.4 Å². The van der Waals surface area contributed by atoms with Crippen LogP contribution in [0.5, 0.6) is 0 Å². The van der Waals surface area contributed by atoms with Gasteiger partial charge in [-0.1, -0.05) is 49.6 Å². The van der Waals surface area contributed by atoms with E-state index in [9.17, 15) is 9.90 Å². The maximum absolute atomic E-state index is 13.1. The van der Waals surface area contributed by atoms with Crippen molar-refractivity contribution >= 4 is 5.97 Å². The van der Waals surface area contributed by atoms with Gasteiger partial charge in [0.1, 0.15) is 6.10 Å². The van der Waals surface area contributed by atoms with E-state index in [2.05, 4.69) is 14.1 Å². The molecule has 0 radical (unpaired) electrons. The van der Waals surface area contributed by atoms with E-state index in [1.54, 1.807) is 0 Å². The Balaban J connectivity index is 1.78. The largest absolute Gasteiger partial charge is 0.460 e. The summed E-state index contributed by atoms with van der Waals surface area (Å²) in [5.41, 5.74) is -0.831. The lowest BCUT2D eigenvalue weighted by Gasteiger charge is -2.40. The SMILES string of the molecule is C[N+]1(C)CCC(OC(=O)C(O)(c2ccccc2)C2CCCCC2)CC1. The van der Waals surface area contributed by atoms with Crippen molar-refractivity contribution in [1.29, 1.82) is 0 Å². The fourth-order valence-corrected chi connectivity index (χ4v) is 4.33. The Morgan fingerprint density at radius 2 is 1.64 bits per heavy atom. The van der Waals surface area contributed by atoms with E-state index in [-0.39, 0.29) is 12.0 Å². The smallest absolute Gasteiger partial charge is 0.343 e. The van der Waals surface area contributed by atoms with Gasteiger partial charge in [0.2, 0.25) is 0 Å². The summed E-state index contributed by atoms with van der Waals surface area (Å²) in [4.78, 5) is 13.1. The van der Waals surface area contributed by atoms with Crippen LogP contribution < -0.4 is 0 Å². The standard InChI is InChI=1S/C21H32NO3/c1-22(2)15-13-19(14-16-22)25-20(23)21(24,17-9-5-3-6-10-17)18-11-7-4-8-12-18/h3,5-6,9-10,18-19,24H,4,7-8,11-16H2,1-2H3/q+1. The van der Waals surface area contributed by atoms with Gasteiger partial charge in [-0.15, -0.1) is 0 Å². The highest BCUT2D eigenvalue weighted by atomic mass is 16.6. The van der Waals surface area contributed by atoms with Gasteiger partial charge in [0.25, 0.3) is 0 Å². The van der Waals surface area contributed by atoms with E-state index in [1.165, 1.54) is 6.42 Å². The first-order valence-corrected chi connectivity index (χ1v) is 9.73. The van der Waals surface area contributed by atoms with Crippen molar-refractivity contribution in [3.63, 3.8) is 0 Å². The van der Waals surface area contributed by atoms with Crippen molar-refractivity contribution in [2.45, 2.75) is 56.7 Å². The van der Waals surface area contributed by atoms with Gasteiger partial charge in [0.15, 0.2) is 5.60 Å². The molecule has 1 saturated heterocycles. The molecule has 1 aliphatic heterocycles. The van der Waals surface area contributed by atoms with Crippen molar-refractivity contribution in [3.8, 4) is 0 Å². The molecule has 3 rings (SSSR count). The molecule has 25 heavy (non-hydrogen) atoms. The maximum atomic E-state index is 13.1. The molecule has 2 fully saturated rings. The predicted molar refractivity (Wildman–Crippen MR) is 97.9 cm³/mol. The molecular formula is C21H32NO3+. The molecule has 1 heterocycles. The molecule has 0 spiro atoms. The van der Waals surface area contributed by atoms with E-state index < -0.39 is 11.6 Å². The number of rotatable bonds is 4. The number of nitrogens with zero attached hydrogens (tertiary/aromatic N) is 1. The topological polar surface area (TPSA) is 46.5 Å². The van der Waals surface area contributed by atoms with Crippen molar-refractivity contribution in [2.24, 2.45) is 5.92 Å². The van der Waals surface area contributed by atoms with Crippen LogP contribution in [0.1, 0.15) is 50.5 Å². The third-order valence-corrected chi connectivity index (χ3v) is 6.11. The number of hydrogen-bond donors (Lipinski definition) is 1. The first-order valence-electron chi connectivity index (χ1n) is 9.73. The number of piperidine rings is 1. The fourth-order valence-electron chi connectivity index (χ4n) is 4.33. The Kier molecular flexibility index (Phi) is 5.49. The zero-order valence-corrected chi connectivity index (χ0v) is 15.6. The minimum absolute atomic E-state index is 0.0491. The van der Waals surface area contributed by atoms with Gasteiger partial charge < -0.3 is 14.3 Å². The minimum atomic E-state index is -1.51. The van der Waals surface area contributed by atoms with Crippen LogP contribution in [0, 0.1) is 5.92 Å². The second-order valence-corrected chi connectivity index (χ2v) is 8.45. The maximum Gasteiger partial charge on any atom is 0.343 e. The molecule has 0 bridgehead atoms. The number of likely N-dealkylation sites (tertiary alicyclic amines) is 1. The summed E-state index contributed by atoms with van der Waals surface area (Å²) in [6, 6.07) is 9.40. The third kappa shape index (κ3) is 4.06. The van der Waals surface area contributed by atoms with E-state index in [4.69, 9.17) is 4.74 Å². The second kappa shape index (κ2) is 7.46. The first kappa shape index (κ1) is 18.4. The average Bonchev–Trinajstić information content (AvgIpc) is 2.64. The Bertz CT molecular complexity index is 570. The van der Waals surface area contributed by atoms with Crippen LogP contribution in [-0.2, 0) is 15.1 Å². The molecule has 0 aromatic heterocycles. The number of quaternary nitrogens is 1. The van der Waals surface area contributed by atoms with Crippen LogP contribution in [0.4, 0.5) is 0 Å². The molecular weight excluding hydrogens is 314 g/mol. The summed E-state index contributed by atoms with van der Waals surface area (Å²) in [6.07, 6.45) is 6.76. The molecule has 1 aromatic carbocycles. The molecule has 1 atom stereocenters. The minimum Gasteiger partial charge on any atom is -0.460 e. The van der Waals surface area contributed by atoms with Gasteiger partial charge >= 0.3 is 5.97 Å². The Morgan fingerprint density at radius 3 is 2.24 bits per heavy atom. The molecule has 1 N–H and O–H groups in total. The normalized spacial score (nSPS) is 24.4. The van der Waals surface area contributed by atoms with Crippen LogP contribution in [0.25, 0.3) is 0 Å². The van der Waals surface area contributed by atoms with Gasteiger partial charge in [-0.2, -0.15) is 0 Å². The zero-order valence-electron chi connectivity index (χ0n) is 15.6. The fraction of sp³-hybridized carbons (Fsp3) is 0.667. The van der Waals surface area contributed by atoms with Gasteiger partial charge in [0.05, 0.1) is 27.2 Å². The van der Waals surface area contributed by atoms with Crippen molar-refractivity contribution < 1.29 is 19.1 Å². The summed E-state index contributed by atoms with van der Waals surface area (Å²) in [5.74, 6) is -0.491. The first-order chi connectivity index (χ1) is 11.9. The number of benzene rings is 1. The van der Waals surface area contributed by atoms with E-state index in [0.717, 1.165) is 56.1 Å². The van der Waals surface area contributed by atoms with Crippen molar-refractivity contribution in [1.82, 2.24) is 0 Å². The quantitative estimate of drug-likeness (QED) is 0.672.